The van der Waals surface area contributed by atoms with Crippen molar-refractivity contribution in [2.24, 2.45) is 5.10 Å². The van der Waals surface area contributed by atoms with E-state index in [4.69, 9.17) is 16.3 Å². The van der Waals surface area contributed by atoms with Crippen LogP contribution in [0.3, 0.4) is 0 Å². The minimum absolute atomic E-state index is 0.0509. The van der Waals surface area contributed by atoms with Crippen molar-refractivity contribution in [1.29, 1.82) is 0 Å². The van der Waals surface area contributed by atoms with Crippen LogP contribution in [-0.4, -0.2) is 46.4 Å². The van der Waals surface area contributed by atoms with Crippen LogP contribution in [0.25, 0.3) is 0 Å². The number of amides is 1. The van der Waals surface area contributed by atoms with Gasteiger partial charge in [0.15, 0.2) is 6.61 Å². The Morgan fingerprint density at radius 2 is 1.96 bits per heavy atom. The minimum atomic E-state index is -5.56. The lowest BCUT2D eigenvalue weighted by molar-refractivity contribution is -0.302. The number of hydrazone groups is 1. The van der Waals surface area contributed by atoms with E-state index in [2.05, 4.69) is 5.10 Å². The van der Waals surface area contributed by atoms with Gasteiger partial charge in [0.1, 0.15) is 11.5 Å². The summed E-state index contributed by atoms with van der Waals surface area (Å²) in [5.41, 5.74) is -5.48. The van der Waals surface area contributed by atoms with E-state index in [9.17, 15) is 36.2 Å². The molecule has 0 unspecified atom stereocenters. The summed E-state index contributed by atoms with van der Waals surface area (Å²) in [5, 5.41) is 12.0. The normalized spacial score (nSPS) is 21.0. The van der Waals surface area contributed by atoms with E-state index in [1.807, 2.05) is 0 Å². The smallest absolute Gasteiger partial charge is 0.438 e. The summed E-state index contributed by atoms with van der Waals surface area (Å²) in [6.45, 7) is 0.522. The third-order valence-electron chi connectivity index (χ3n) is 3.49. The van der Waals surface area contributed by atoms with E-state index in [1.165, 1.54) is 18.2 Å². The molecular formula is C14H11ClF6N2O3. The molecular weight excluding hydrogens is 394 g/mol. The molecule has 1 N–H and O–H groups in total. The predicted octanol–water partition coefficient (Wildman–Crippen LogP) is 3.43. The lowest BCUT2D eigenvalue weighted by atomic mass is 10.1. The minimum Gasteiger partial charge on any atom is -0.484 e. The molecule has 2 rings (SSSR count). The van der Waals surface area contributed by atoms with Crippen molar-refractivity contribution in [3.63, 3.8) is 0 Å². The quantitative estimate of drug-likeness (QED) is 0.785. The number of carbonyl (C=O) groups is 1. The van der Waals surface area contributed by atoms with Crippen LogP contribution in [0.1, 0.15) is 12.0 Å². The Balaban J connectivity index is 2.22. The van der Waals surface area contributed by atoms with Crippen molar-refractivity contribution in [2.75, 3.05) is 6.61 Å². The zero-order chi connectivity index (χ0) is 19.9. The number of hydrogen-bond donors (Lipinski definition) is 1. The number of aryl methyl sites for hydroxylation is 1. The first-order chi connectivity index (χ1) is 11.8. The number of carbonyl (C=O) groups excluding carboxylic acids is 1. The number of ether oxygens (including phenoxy) is 1. The highest BCUT2D eigenvalue weighted by atomic mass is 35.5. The summed E-state index contributed by atoms with van der Waals surface area (Å²) in [6, 6.07) is 4.09. The molecule has 0 saturated carbocycles. The maximum Gasteiger partial charge on any atom is 0.438 e. The first-order valence-electron chi connectivity index (χ1n) is 6.91. The zero-order valence-corrected chi connectivity index (χ0v) is 13.7. The molecule has 12 heteroatoms. The highest BCUT2D eigenvalue weighted by molar-refractivity contribution is 6.31. The molecule has 1 aromatic rings. The average Bonchev–Trinajstić information content (AvgIpc) is 2.87. The van der Waals surface area contributed by atoms with Gasteiger partial charge in [0.25, 0.3) is 11.6 Å². The van der Waals surface area contributed by atoms with Crippen LogP contribution in [0.5, 0.6) is 5.75 Å². The maximum atomic E-state index is 13.0. The number of nitrogens with zero attached hydrogens (tertiary/aromatic N) is 2. The Bertz CT molecular complexity index is 749. The van der Waals surface area contributed by atoms with Gasteiger partial charge in [-0.2, -0.15) is 36.5 Å². The Morgan fingerprint density at radius 1 is 1.35 bits per heavy atom. The van der Waals surface area contributed by atoms with Crippen molar-refractivity contribution < 1.29 is 41.0 Å². The van der Waals surface area contributed by atoms with Gasteiger partial charge in [-0.3, -0.25) is 4.79 Å². The summed E-state index contributed by atoms with van der Waals surface area (Å²) in [7, 11) is 0. The third-order valence-corrected chi connectivity index (χ3v) is 3.92. The second kappa shape index (κ2) is 6.62. The second-order valence-corrected chi connectivity index (χ2v) is 5.85. The molecule has 0 aromatic heterocycles. The largest absolute Gasteiger partial charge is 0.484 e. The molecule has 0 saturated heterocycles. The lowest BCUT2D eigenvalue weighted by Crippen LogP contribution is -2.57. The molecule has 1 aliphatic heterocycles. The standard InChI is InChI=1S/C14H11ClF6N2O3/c1-7-4-8(2-3-9(7)15)26-6-11(24)23-12(25,14(19,20)21)5-10(22-23)13(16,17)18/h2-4,25H,5-6H2,1H3/t12-/m1/s1. The molecule has 26 heavy (non-hydrogen) atoms. The van der Waals surface area contributed by atoms with Crippen molar-refractivity contribution in [3.05, 3.63) is 28.8 Å². The molecule has 144 valence electrons. The van der Waals surface area contributed by atoms with Crippen molar-refractivity contribution in [2.45, 2.75) is 31.4 Å². The fraction of sp³-hybridized carbons (Fsp3) is 0.429. The molecule has 1 heterocycles. The van der Waals surface area contributed by atoms with E-state index < -0.39 is 47.7 Å². The molecule has 0 bridgehead atoms. The van der Waals surface area contributed by atoms with E-state index in [0.29, 0.717) is 10.6 Å². The maximum absolute atomic E-state index is 13.0. The fourth-order valence-electron chi connectivity index (χ4n) is 2.10. The van der Waals surface area contributed by atoms with Gasteiger partial charge in [-0.25, -0.2) is 0 Å². The topological polar surface area (TPSA) is 62.1 Å². The van der Waals surface area contributed by atoms with Crippen molar-refractivity contribution >= 4 is 23.2 Å². The van der Waals surface area contributed by atoms with E-state index in [0.717, 1.165) is 0 Å². The molecule has 0 spiro atoms. The van der Waals surface area contributed by atoms with Crippen LogP contribution in [0.2, 0.25) is 5.02 Å². The Kier molecular flexibility index (Phi) is 5.17. The number of alkyl halides is 6. The second-order valence-electron chi connectivity index (χ2n) is 5.44. The SMILES string of the molecule is Cc1cc(OCC(=O)N2N=C(C(F)(F)F)C[C@@]2(O)C(F)(F)F)ccc1Cl. The molecule has 1 atom stereocenters. The van der Waals surface area contributed by atoms with Gasteiger partial charge in [0.2, 0.25) is 0 Å². The van der Waals surface area contributed by atoms with Crippen LogP contribution >= 0.6 is 11.6 Å². The summed E-state index contributed by atoms with van der Waals surface area (Å²) in [4.78, 5) is 11.9. The Labute approximate surface area is 147 Å². The zero-order valence-electron chi connectivity index (χ0n) is 13.0. The molecule has 0 radical (unpaired) electrons. The van der Waals surface area contributed by atoms with Gasteiger partial charge < -0.3 is 9.84 Å². The fourth-order valence-corrected chi connectivity index (χ4v) is 2.22. The van der Waals surface area contributed by atoms with Crippen LogP contribution in [-0.2, 0) is 4.79 Å². The monoisotopic (exact) mass is 404 g/mol. The summed E-state index contributed by atoms with van der Waals surface area (Å²) in [6.07, 6.45) is -12.7. The number of halogens is 7. The summed E-state index contributed by atoms with van der Waals surface area (Å²) in [5.74, 6) is -1.55. The van der Waals surface area contributed by atoms with Crippen molar-refractivity contribution in [3.8, 4) is 5.75 Å². The molecule has 1 aliphatic rings. The van der Waals surface area contributed by atoms with E-state index in [-0.39, 0.29) is 5.75 Å². The van der Waals surface area contributed by atoms with Crippen LogP contribution < -0.4 is 4.74 Å². The predicted molar refractivity (Wildman–Crippen MR) is 77.6 cm³/mol. The van der Waals surface area contributed by atoms with Crippen LogP contribution in [0.15, 0.2) is 23.3 Å². The highest BCUT2D eigenvalue weighted by Crippen LogP contribution is 2.43. The summed E-state index contributed by atoms with van der Waals surface area (Å²) >= 11 is 5.78. The number of rotatable bonds is 3. The van der Waals surface area contributed by atoms with Gasteiger partial charge in [-0.05, 0) is 30.7 Å². The molecule has 1 aromatic carbocycles. The van der Waals surface area contributed by atoms with Crippen molar-refractivity contribution in [1.82, 2.24) is 5.01 Å². The van der Waals surface area contributed by atoms with Gasteiger partial charge in [0, 0.05) is 5.02 Å². The molecule has 0 aliphatic carbocycles. The van der Waals surface area contributed by atoms with Gasteiger partial charge >= 0.3 is 12.4 Å². The first kappa shape index (κ1) is 20.3. The van der Waals surface area contributed by atoms with Gasteiger partial charge in [0.05, 0.1) is 6.42 Å². The van der Waals surface area contributed by atoms with E-state index >= 15 is 0 Å². The summed E-state index contributed by atoms with van der Waals surface area (Å²) < 4.78 is 82.1. The lowest BCUT2D eigenvalue weighted by Gasteiger charge is -2.32. The highest BCUT2D eigenvalue weighted by Gasteiger charge is 2.66. The third kappa shape index (κ3) is 3.88. The van der Waals surface area contributed by atoms with Crippen LogP contribution in [0, 0.1) is 6.92 Å². The van der Waals surface area contributed by atoms with Crippen LogP contribution in [0.4, 0.5) is 26.3 Å². The molecule has 0 fully saturated rings. The Hall–Kier alpha value is -2.01. The van der Waals surface area contributed by atoms with E-state index in [1.54, 1.807) is 6.92 Å². The molecule has 1 amide bonds. The Morgan fingerprint density at radius 3 is 2.46 bits per heavy atom. The first-order valence-corrected chi connectivity index (χ1v) is 7.29. The molecule has 5 nitrogen and oxygen atoms in total. The van der Waals surface area contributed by atoms with Gasteiger partial charge in [-0.1, -0.05) is 11.6 Å². The number of aliphatic hydroxyl groups is 1. The number of hydrogen-bond acceptors (Lipinski definition) is 4. The average molecular weight is 405 g/mol. The van der Waals surface area contributed by atoms with Gasteiger partial charge in [-0.15, -0.1) is 0 Å². The number of benzene rings is 1.